The molecule has 0 amide bonds. The number of aliphatic hydroxyl groups is 1. The fourth-order valence-electron chi connectivity index (χ4n) is 2.13. The van der Waals surface area contributed by atoms with Crippen LogP contribution in [-0.4, -0.2) is 25.9 Å². The van der Waals surface area contributed by atoms with Gasteiger partial charge in [-0.1, -0.05) is 6.07 Å². The average Bonchev–Trinajstić information content (AvgIpc) is 2.59. The summed E-state index contributed by atoms with van der Waals surface area (Å²) in [6, 6.07) is 11.2. The van der Waals surface area contributed by atoms with Crippen LogP contribution in [0.5, 0.6) is 11.5 Å². The summed E-state index contributed by atoms with van der Waals surface area (Å²) in [4.78, 5) is 0. The molecule has 2 rings (SSSR count). The highest BCUT2D eigenvalue weighted by atomic mass is 19.1. The molecule has 0 saturated carbocycles. The molecule has 0 heterocycles. The highest BCUT2D eigenvalue weighted by Gasteiger charge is 2.13. The van der Waals surface area contributed by atoms with Gasteiger partial charge in [0, 0.05) is 12.6 Å². The molecule has 6 heteroatoms. The molecular weight excluding hydrogens is 299 g/mol. The van der Waals surface area contributed by atoms with Gasteiger partial charge in [-0.15, -0.1) is 0 Å². The van der Waals surface area contributed by atoms with Gasteiger partial charge in [0.1, 0.15) is 28.9 Å². The minimum Gasteiger partial charge on any atom is -0.497 e. The number of hydrogen-bond donors (Lipinski definition) is 2. The third-order valence-corrected chi connectivity index (χ3v) is 3.37. The summed E-state index contributed by atoms with van der Waals surface area (Å²) in [6.45, 7) is 0.106. The molecule has 2 aromatic rings. The van der Waals surface area contributed by atoms with E-state index >= 15 is 0 Å². The number of benzene rings is 2. The Morgan fingerprint density at radius 2 is 1.87 bits per heavy atom. The van der Waals surface area contributed by atoms with E-state index < -0.39 is 11.9 Å². The van der Waals surface area contributed by atoms with Crippen molar-refractivity contribution in [1.82, 2.24) is 0 Å². The van der Waals surface area contributed by atoms with Crippen LogP contribution < -0.4 is 14.8 Å². The Hall–Kier alpha value is -2.78. The van der Waals surface area contributed by atoms with Crippen molar-refractivity contribution in [2.24, 2.45) is 0 Å². The molecule has 0 bridgehead atoms. The minimum absolute atomic E-state index is 0.0806. The second-order valence-corrected chi connectivity index (χ2v) is 4.82. The number of nitrogens with one attached hydrogen (secondary N) is 1. The van der Waals surface area contributed by atoms with Gasteiger partial charge in [-0.05, 0) is 29.8 Å². The number of aliphatic hydroxyl groups excluding tert-OH is 1. The number of ether oxygens (including phenoxy) is 2. The van der Waals surface area contributed by atoms with E-state index in [0.717, 1.165) is 0 Å². The molecule has 0 aliphatic heterocycles. The number of nitrogens with zero attached hydrogens (tertiary/aromatic N) is 1. The first-order valence-corrected chi connectivity index (χ1v) is 6.92. The number of hydrogen-bond acceptors (Lipinski definition) is 5. The largest absolute Gasteiger partial charge is 0.497 e. The molecule has 2 N–H and O–H groups in total. The van der Waals surface area contributed by atoms with Crippen LogP contribution in [-0.2, 0) is 0 Å². The first kappa shape index (κ1) is 16.6. The number of methoxy groups -OCH3 is 2. The van der Waals surface area contributed by atoms with Gasteiger partial charge >= 0.3 is 0 Å². The van der Waals surface area contributed by atoms with Crippen LogP contribution in [0.1, 0.15) is 17.2 Å². The lowest BCUT2D eigenvalue weighted by Crippen LogP contribution is -2.13. The first-order valence-electron chi connectivity index (χ1n) is 6.92. The van der Waals surface area contributed by atoms with Gasteiger partial charge in [0.05, 0.1) is 26.0 Å². The van der Waals surface area contributed by atoms with Crippen LogP contribution in [0.15, 0.2) is 36.4 Å². The predicted octanol–water partition coefficient (Wildman–Crippen LogP) is 2.86. The lowest BCUT2D eigenvalue weighted by molar-refractivity contribution is 0.190. The highest BCUT2D eigenvalue weighted by molar-refractivity contribution is 5.58. The van der Waals surface area contributed by atoms with Crippen LogP contribution in [0, 0.1) is 17.1 Å². The van der Waals surface area contributed by atoms with E-state index in [9.17, 15) is 9.50 Å². The lowest BCUT2D eigenvalue weighted by atomic mass is 10.1. The van der Waals surface area contributed by atoms with Crippen LogP contribution >= 0.6 is 0 Å². The van der Waals surface area contributed by atoms with Gasteiger partial charge < -0.3 is 19.9 Å². The summed E-state index contributed by atoms with van der Waals surface area (Å²) in [5.74, 6) is 0.513. The maximum absolute atomic E-state index is 13.5. The summed E-state index contributed by atoms with van der Waals surface area (Å²) in [6.07, 6.45) is -0.881. The van der Waals surface area contributed by atoms with Crippen molar-refractivity contribution in [1.29, 1.82) is 5.26 Å². The summed E-state index contributed by atoms with van der Waals surface area (Å²) in [5, 5.41) is 22.2. The van der Waals surface area contributed by atoms with Crippen molar-refractivity contribution in [2.45, 2.75) is 6.10 Å². The molecule has 120 valence electrons. The number of nitriles is 1. The SMILES string of the molecule is COc1cc(OC)cc(C(O)CNc2cccc(F)c2C#N)c1. The second kappa shape index (κ2) is 7.47. The predicted molar refractivity (Wildman–Crippen MR) is 84.1 cm³/mol. The van der Waals surface area contributed by atoms with E-state index in [0.29, 0.717) is 22.7 Å². The van der Waals surface area contributed by atoms with E-state index in [1.807, 2.05) is 0 Å². The zero-order valence-corrected chi connectivity index (χ0v) is 12.8. The monoisotopic (exact) mass is 316 g/mol. The number of anilines is 1. The maximum Gasteiger partial charge on any atom is 0.143 e. The maximum atomic E-state index is 13.5. The van der Waals surface area contributed by atoms with E-state index in [2.05, 4.69) is 5.32 Å². The molecule has 0 spiro atoms. The van der Waals surface area contributed by atoms with Gasteiger partial charge in [0.25, 0.3) is 0 Å². The first-order chi connectivity index (χ1) is 11.1. The molecule has 5 nitrogen and oxygen atoms in total. The smallest absolute Gasteiger partial charge is 0.143 e. The topological polar surface area (TPSA) is 74.5 Å². The van der Waals surface area contributed by atoms with Crippen LogP contribution in [0.3, 0.4) is 0 Å². The Labute approximate surface area is 133 Å². The number of halogens is 1. The van der Waals surface area contributed by atoms with Crippen molar-refractivity contribution >= 4 is 5.69 Å². The molecular formula is C17H17FN2O3. The van der Waals surface area contributed by atoms with Crippen LogP contribution in [0.2, 0.25) is 0 Å². The lowest BCUT2D eigenvalue weighted by Gasteiger charge is -2.16. The Morgan fingerprint density at radius 3 is 2.43 bits per heavy atom. The molecule has 0 aliphatic carbocycles. The van der Waals surface area contributed by atoms with Crippen molar-refractivity contribution in [2.75, 3.05) is 26.1 Å². The molecule has 2 aromatic carbocycles. The zero-order chi connectivity index (χ0) is 16.8. The normalized spacial score (nSPS) is 11.4. The third kappa shape index (κ3) is 3.90. The van der Waals surface area contributed by atoms with Crippen LogP contribution in [0.25, 0.3) is 0 Å². The molecule has 0 saturated heterocycles. The number of rotatable bonds is 6. The van der Waals surface area contributed by atoms with Gasteiger partial charge in [0.2, 0.25) is 0 Å². The molecule has 23 heavy (non-hydrogen) atoms. The van der Waals surface area contributed by atoms with Crippen molar-refractivity contribution in [3.8, 4) is 17.6 Å². The van der Waals surface area contributed by atoms with E-state index in [-0.39, 0.29) is 12.1 Å². The Kier molecular flexibility index (Phi) is 5.39. The standard InChI is InChI=1S/C17H17FN2O3/c1-22-12-6-11(7-13(8-12)23-2)17(21)10-20-16-5-3-4-15(18)14(16)9-19/h3-8,17,20-21H,10H2,1-2H3. The van der Waals surface area contributed by atoms with Gasteiger partial charge in [0.15, 0.2) is 0 Å². The fraction of sp³-hybridized carbons (Fsp3) is 0.235. The van der Waals surface area contributed by atoms with E-state index in [1.54, 1.807) is 30.3 Å². The van der Waals surface area contributed by atoms with Crippen molar-refractivity contribution in [3.63, 3.8) is 0 Å². The van der Waals surface area contributed by atoms with Crippen molar-refractivity contribution in [3.05, 3.63) is 53.3 Å². The minimum atomic E-state index is -0.881. The average molecular weight is 316 g/mol. The molecule has 1 unspecified atom stereocenters. The quantitative estimate of drug-likeness (QED) is 0.857. The third-order valence-electron chi connectivity index (χ3n) is 3.37. The van der Waals surface area contributed by atoms with Gasteiger partial charge in [-0.2, -0.15) is 5.26 Å². The molecule has 0 fully saturated rings. The van der Waals surface area contributed by atoms with E-state index in [4.69, 9.17) is 14.7 Å². The summed E-state index contributed by atoms with van der Waals surface area (Å²) in [7, 11) is 3.05. The van der Waals surface area contributed by atoms with Gasteiger partial charge in [-0.25, -0.2) is 4.39 Å². The fourth-order valence-corrected chi connectivity index (χ4v) is 2.13. The summed E-state index contributed by atoms with van der Waals surface area (Å²) >= 11 is 0. The highest BCUT2D eigenvalue weighted by Crippen LogP contribution is 2.27. The Morgan fingerprint density at radius 1 is 1.22 bits per heavy atom. The Bertz CT molecular complexity index is 706. The van der Waals surface area contributed by atoms with Crippen LogP contribution in [0.4, 0.5) is 10.1 Å². The molecule has 0 aromatic heterocycles. The van der Waals surface area contributed by atoms with E-state index in [1.165, 1.54) is 26.4 Å². The molecule has 0 aliphatic rings. The van der Waals surface area contributed by atoms with Gasteiger partial charge in [-0.3, -0.25) is 0 Å². The molecule has 1 atom stereocenters. The summed E-state index contributed by atoms with van der Waals surface area (Å²) < 4.78 is 23.9. The second-order valence-electron chi connectivity index (χ2n) is 4.82. The van der Waals surface area contributed by atoms with Crippen molar-refractivity contribution < 1.29 is 19.0 Å². The Balaban J connectivity index is 2.16. The molecule has 0 radical (unpaired) electrons. The summed E-state index contributed by atoms with van der Waals surface area (Å²) in [5.41, 5.74) is 0.841. The zero-order valence-electron chi connectivity index (χ0n) is 12.8.